The number of nitrogens with one attached hydrogen (secondary N) is 1. The molecule has 0 aliphatic heterocycles. The fourth-order valence-electron chi connectivity index (χ4n) is 1.57. The minimum Gasteiger partial charge on any atom is -0.396 e. The number of imidazole rings is 1. The van der Waals surface area contributed by atoms with Gasteiger partial charge in [-0.15, -0.1) is 0 Å². The third kappa shape index (κ3) is 2.66. The Morgan fingerprint density at radius 1 is 1.33 bits per heavy atom. The minimum absolute atomic E-state index is 0.0298. The van der Waals surface area contributed by atoms with Gasteiger partial charge in [-0.3, -0.25) is 0 Å². The summed E-state index contributed by atoms with van der Waals surface area (Å²) in [5.74, 6) is 0.0709. The lowest BCUT2D eigenvalue weighted by molar-refractivity contribution is 0.146. The molecule has 98 valence electrons. The molecule has 2 aromatic heterocycles. The molecule has 0 saturated carbocycles. The number of nitrogens with zero attached hydrogens (tertiary/aromatic N) is 4. The van der Waals surface area contributed by atoms with E-state index >= 15 is 0 Å². The summed E-state index contributed by atoms with van der Waals surface area (Å²) in [7, 11) is 0. The Balaban J connectivity index is 2.01. The molecule has 0 bridgehead atoms. The Hall–Kier alpha value is -1.93. The van der Waals surface area contributed by atoms with Gasteiger partial charge in [0.2, 0.25) is 5.95 Å². The molecule has 1 atom stereocenters. The summed E-state index contributed by atoms with van der Waals surface area (Å²) in [6.07, 6.45) is 3.79. The van der Waals surface area contributed by atoms with Gasteiger partial charge in [0.05, 0.1) is 6.20 Å². The van der Waals surface area contributed by atoms with Crippen LogP contribution in [0, 0.1) is 5.92 Å². The molecule has 2 heterocycles. The summed E-state index contributed by atoms with van der Waals surface area (Å²) in [6, 6.07) is 0. The van der Waals surface area contributed by atoms with E-state index in [1.54, 1.807) is 17.2 Å². The van der Waals surface area contributed by atoms with Gasteiger partial charge in [0, 0.05) is 25.7 Å². The summed E-state index contributed by atoms with van der Waals surface area (Å²) in [5.41, 5.74) is 9.85. The number of anilines is 1. The van der Waals surface area contributed by atoms with E-state index in [0.29, 0.717) is 24.1 Å². The van der Waals surface area contributed by atoms with E-state index in [9.17, 15) is 0 Å². The molecule has 0 saturated heterocycles. The topological polar surface area (TPSA) is 122 Å². The van der Waals surface area contributed by atoms with Crippen molar-refractivity contribution in [2.75, 3.05) is 30.9 Å². The van der Waals surface area contributed by atoms with E-state index in [4.69, 9.17) is 15.9 Å². The Labute approximate surface area is 103 Å². The number of fused-ring (bicyclic) bond motifs is 1. The molecule has 0 unspecified atom stereocenters. The van der Waals surface area contributed by atoms with Gasteiger partial charge >= 0.3 is 0 Å². The van der Waals surface area contributed by atoms with Crippen molar-refractivity contribution in [2.24, 2.45) is 5.92 Å². The zero-order valence-electron chi connectivity index (χ0n) is 9.82. The van der Waals surface area contributed by atoms with Crippen molar-refractivity contribution in [3.05, 3.63) is 12.5 Å². The first-order valence-electron chi connectivity index (χ1n) is 5.65. The van der Waals surface area contributed by atoms with Crippen LogP contribution in [0.25, 0.3) is 11.2 Å². The number of aromatic nitrogens is 4. The highest BCUT2D eigenvalue weighted by Gasteiger charge is 2.07. The summed E-state index contributed by atoms with van der Waals surface area (Å²) >= 11 is 0. The Kier molecular flexibility index (Phi) is 3.90. The van der Waals surface area contributed by atoms with Gasteiger partial charge in [-0.25, -0.2) is 14.6 Å². The Morgan fingerprint density at radius 3 is 2.83 bits per heavy atom. The molecule has 2 aromatic rings. The van der Waals surface area contributed by atoms with E-state index in [-0.39, 0.29) is 25.1 Å². The van der Waals surface area contributed by atoms with Gasteiger partial charge in [0.1, 0.15) is 11.8 Å². The maximum Gasteiger partial charge on any atom is 0.222 e. The lowest BCUT2D eigenvalue weighted by atomic mass is 10.2. The number of nitrogen functional groups attached to an aromatic ring is 1. The van der Waals surface area contributed by atoms with Crippen LogP contribution in [-0.2, 0) is 0 Å². The maximum absolute atomic E-state index is 8.95. The van der Waals surface area contributed by atoms with Crippen LogP contribution >= 0.6 is 0 Å². The number of nitrogens with two attached hydrogens (primary N) is 1. The van der Waals surface area contributed by atoms with Crippen LogP contribution < -0.4 is 11.2 Å². The van der Waals surface area contributed by atoms with Crippen molar-refractivity contribution in [3.63, 3.8) is 0 Å². The highest BCUT2D eigenvalue weighted by Crippen LogP contribution is 2.08. The smallest absolute Gasteiger partial charge is 0.222 e. The molecule has 0 radical (unpaired) electrons. The molecule has 0 aliphatic carbocycles. The van der Waals surface area contributed by atoms with Crippen LogP contribution in [0.2, 0.25) is 0 Å². The summed E-state index contributed by atoms with van der Waals surface area (Å²) in [6.45, 7) is 0.525. The molecule has 5 N–H and O–H groups in total. The molecule has 2 rings (SSSR count). The lowest BCUT2D eigenvalue weighted by Gasteiger charge is -2.12. The zero-order chi connectivity index (χ0) is 13.0. The van der Waals surface area contributed by atoms with Crippen molar-refractivity contribution in [3.8, 4) is 0 Å². The monoisotopic (exact) mass is 253 g/mol. The number of aliphatic hydroxyl groups is 2. The van der Waals surface area contributed by atoms with Crippen molar-refractivity contribution < 1.29 is 10.2 Å². The summed E-state index contributed by atoms with van der Waals surface area (Å²) < 4.78 is 1.65. The maximum atomic E-state index is 8.95. The number of hydrogen-bond donors (Lipinski definition) is 4. The molecule has 8 nitrogen and oxygen atoms in total. The van der Waals surface area contributed by atoms with Crippen LogP contribution in [0.4, 0.5) is 5.95 Å². The molecule has 0 aliphatic rings. The second-order valence-electron chi connectivity index (χ2n) is 3.98. The lowest BCUT2D eigenvalue weighted by Crippen LogP contribution is -2.21. The van der Waals surface area contributed by atoms with E-state index in [0.717, 1.165) is 0 Å². The molecule has 0 fully saturated rings. The molecule has 0 spiro atoms. The van der Waals surface area contributed by atoms with Crippen LogP contribution in [0.1, 0.15) is 6.42 Å². The van der Waals surface area contributed by atoms with Gasteiger partial charge in [-0.1, -0.05) is 0 Å². The first kappa shape index (κ1) is 12.5. The SMILES string of the molecule is Nc1ncc2ncn(NCC[C@H](CO)[13CH2]O)c2n1. The van der Waals surface area contributed by atoms with E-state index in [2.05, 4.69) is 20.4 Å². The molecular formula is C10H16N6O2. The Bertz CT molecular complexity index is 510. The molecule has 0 aromatic carbocycles. The highest BCUT2D eigenvalue weighted by molar-refractivity contribution is 5.70. The standard InChI is InChI=1S/C10H16N6O2/c11-10-12-3-8-9(15-10)16(6-13-8)14-2-1-7(4-17)5-18/h3,6-7,14,17-18H,1-2,4-5H2,(H2,11,12,15)/i4+1/t7-/m0/s1. The van der Waals surface area contributed by atoms with Crippen molar-refractivity contribution >= 4 is 17.1 Å². The summed E-state index contributed by atoms with van der Waals surface area (Å²) in [5, 5.41) is 17.9. The van der Waals surface area contributed by atoms with Gasteiger partial charge in [0.25, 0.3) is 0 Å². The average Bonchev–Trinajstić information content (AvgIpc) is 2.77. The van der Waals surface area contributed by atoms with E-state index in [1.807, 2.05) is 0 Å². The van der Waals surface area contributed by atoms with Crippen LogP contribution in [0.15, 0.2) is 12.5 Å². The van der Waals surface area contributed by atoms with Crippen molar-refractivity contribution in [2.45, 2.75) is 6.42 Å². The van der Waals surface area contributed by atoms with Crippen LogP contribution in [0.5, 0.6) is 0 Å². The largest absolute Gasteiger partial charge is 0.396 e. The van der Waals surface area contributed by atoms with Gasteiger partial charge < -0.3 is 21.4 Å². The fourth-order valence-corrected chi connectivity index (χ4v) is 1.57. The van der Waals surface area contributed by atoms with Crippen LogP contribution in [-0.4, -0.2) is 49.6 Å². The molecule has 18 heavy (non-hydrogen) atoms. The number of aliphatic hydroxyl groups excluding tert-OH is 2. The first-order valence-corrected chi connectivity index (χ1v) is 5.65. The quantitative estimate of drug-likeness (QED) is 0.484. The predicted octanol–water partition coefficient (Wildman–Crippen LogP) is -1.06. The summed E-state index contributed by atoms with van der Waals surface area (Å²) in [4.78, 5) is 12.1. The third-order valence-corrected chi connectivity index (χ3v) is 2.66. The number of rotatable bonds is 6. The minimum atomic E-state index is -0.119. The van der Waals surface area contributed by atoms with Gasteiger partial charge in [-0.2, -0.15) is 4.98 Å². The average molecular weight is 253 g/mol. The molecule has 8 heteroatoms. The second kappa shape index (κ2) is 5.61. The first-order chi connectivity index (χ1) is 8.74. The van der Waals surface area contributed by atoms with Gasteiger partial charge in [-0.05, 0) is 6.42 Å². The fraction of sp³-hybridized carbons (Fsp3) is 0.500. The second-order valence-corrected chi connectivity index (χ2v) is 3.98. The number of hydrogen-bond acceptors (Lipinski definition) is 7. The molecule has 0 amide bonds. The van der Waals surface area contributed by atoms with E-state index < -0.39 is 0 Å². The highest BCUT2D eigenvalue weighted by atomic mass is 16.3. The Morgan fingerprint density at radius 2 is 2.11 bits per heavy atom. The molecular weight excluding hydrogens is 237 g/mol. The zero-order valence-corrected chi connectivity index (χ0v) is 9.82. The van der Waals surface area contributed by atoms with Crippen molar-refractivity contribution in [1.29, 1.82) is 0 Å². The van der Waals surface area contributed by atoms with Crippen molar-refractivity contribution in [1.82, 2.24) is 19.6 Å². The predicted molar refractivity (Wildman–Crippen MR) is 66.2 cm³/mol. The van der Waals surface area contributed by atoms with Gasteiger partial charge in [0.15, 0.2) is 5.65 Å². The van der Waals surface area contributed by atoms with Crippen LogP contribution in [0.3, 0.4) is 0 Å². The third-order valence-electron chi connectivity index (χ3n) is 2.66. The van der Waals surface area contributed by atoms with E-state index in [1.165, 1.54) is 0 Å². The normalized spacial score (nSPS) is 12.8.